The van der Waals surface area contributed by atoms with Gasteiger partial charge in [-0.15, -0.1) is 11.3 Å². The summed E-state index contributed by atoms with van der Waals surface area (Å²) in [6.07, 6.45) is 1.02. The van der Waals surface area contributed by atoms with E-state index in [4.69, 9.17) is 4.74 Å². The van der Waals surface area contributed by atoms with Crippen LogP contribution >= 0.6 is 11.3 Å². The molecule has 0 spiro atoms. The quantitative estimate of drug-likeness (QED) is 0.863. The lowest BCUT2D eigenvalue weighted by Crippen LogP contribution is -2.38. The van der Waals surface area contributed by atoms with Gasteiger partial charge < -0.3 is 15.0 Å². The van der Waals surface area contributed by atoms with Crippen molar-refractivity contribution in [1.82, 2.24) is 10.2 Å². The van der Waals surface area contributed by atoms with Gasteiger partial charge in [-0.25, -0.2) is 0 Å². The average molecular weight is 240 g/mol. The largest absolute Gasteiger partial charge is 0.495 e. The molecule has 0 bridgehead atoms. The van der Waals surface area contributed by atoms with Crippen molar-refractivity contribution in [3.63, 3.8) is 0 Å². The lowest BCUT2D eigenvalue weighted by atomic mass is 10.2. The summed E-state index contributed by atoms with van der Waals surface area (Å²) in [5.41, 5.74) is 0. The Morgan fingerprint density at radius 1 is 1.69 bits per heavy atom. The van der Waals surface area contributed by atoms with E-state index in [9.17, 15) is 4.79 Å². The van der Waals surface area contributed by atoms with Gasteiger partial charge in [0.15, 0.2) is 0 Å². The third-order valence-corrected chi connectivity index (χ3v) is 3.83. The normalized spacial score (nSPS) is 19.8. The molecule has 5 heteroatoms. The van der Waals surface area contributed by atoms with Crippen molar-refractivity contribution in [2.45, 2.75) is 12.5 Å². The number of hydrogen-bond acceptors (Lipinski definition) is 4. The van der Waals surface area contributed by atoms with Crippen LogP contribution in [0.1, 0.15) is 16.1 Å². The first kappa shape index (κ1) is 11.4. The maximum atomic E-state index is 12.2. The van der Waals surface area contributed by atoms with Gasteiger partial charge in [-0.3, -0.25) is 4.79 Å². The highest BCUT2D eigenvalue weighted by atomic mass is 32.1. The number of thiophene rings is 1. The van der Waals surface area contributed by atoms with Crippen molar-refractivity contribution in [2.24, 2.45) is 0 Å². The van der Waals surface area contributed by atoms with Crippen LogP contribution < -0.4 is 10.1 Å². The second kappa shape index (κ2) is 4.84. The number of ether oxygens (including phenoxy) is 1. The Balaban J connectivity index is 2.11. The number of methoxy groups -OCH3 is 1. The molecule has 0 aliphatic carbocycles. The summed E-state index contributed by atoms with van der Waals surface area (Å²) in [4.78, 5) is 14.7. The highest BCUT2D eigenvalue weighted by Gasteiger charge is 2.26. The molecule has 2 heterocycles. The molecule has 88 valence electrons. The van der Waals surface area contributed by atoms with Gasteiger partial charge in [-0.05, 0) is 24.4 Å². The van der Waals surface area contributed by atoms with Crippen LogP contribution in [0.25, 0.3) is 0 Å². The Hall–Kier alpha value is -1.07. The molecule has 1 saturated heterocycles. The molecule has 1 atom stereocenters. The molecular formula is C11H16N2O2S. The monoisotopic (exact) mass is 240 g/mol. The van der Waals surface area contributed by atoms with Crippen molar-refractivity contribution in [3.8, 4) is 5.75 Å². The Morgan fingerprint density at radius 2 is 2.50 bits per heavy atom. The van der Waals surface area contributed by atoms with Crippen LogP contribution in [0.4, 0.5) is 0 Å². The van der Waals surface area contributed by atoms with Crippen LogP contribution in [0.2, 0.25) is 0 Å². The minimum Gasteiger partial charge on any atom is -0.495 e. The van der Waals surface area contributed by atoms with Gasteiger partial charge in [0.05, 0.1) is 7.11 Å². The summed E-state index contributed by atoms with van der Waals surface area (Å²) in [6.45, 7) is 1.87. The van der Waals surface area contributed by atoms with E-state index in [1.165, 1.54) is 11.3 Å². The predicted molar refractivity (Wildman–Crippen MR) is 64.2 cm³/mol. The molecule has 1 aromatic heterocycles. The fourth-order valence-corrected chi connectivity index (χ4v) is 2.75. The zero-order chi connectivity index (χ0) is 11.5. The fraction of sp³-hybridized carbons (Fsp3) is 0.545. The summed E-state index contributed by atoms with van der Waals surface area (Å²) in [5.74, 6) is 0.730. The summed E-state index contributed by atoms with van der Waals surface area (Å²) in [7, 11) is 3.45. The van der Waals surface area contributed by atoms with Crippen LogP contribution in [0.3, 0.4) is 0 Å². The van der Waals surface area contributed by atoms with Crippen molar-refractivity contribution < 1.29 is 9.53 Å². The highest BCUT2D eigenvalue weighted by molar-refractivity contribution is 7.12. The number of nitrogens with zero attached hydrogens (tertiary/aromatic N) is 1. The van der Waals surface area contributed by atoms with Gasteiger partial charge in [0.1, 0.15) is 10.6 Å². The summed E-state index contributed by atoms with van der Waals surface area (Å²) < 4.78 is 5.17. The first-order chi connectivity index (χ1) is 7.74. The van der Waals surface area contributed by atoms with Crippen molar-refractivity contribution in [2.75, 3.05) is 27.2 Å². The number of nitrogens with one attached hydrogen (secondary N) is 1. The number of rotatable bonds is 3. The molecule has 1 aliphatic heterocycles. The molecule has 1 N–H and O–H groups in total. The van der Waals surface area contributed by atoms with E-state index >= 15 is 0 Å². The zero-order valence-corrected chi connectivity index (χ0v) is 10.3. The average Bonchev–Trinajstić information content (AvgIpc) is 2.97. The molecule has 1 fully saturated rings. The summed E-state index contributed by atoms with van der Waals surface area (Å²) in [5, 5.41) is 5.14. The molecule has 16 heavy (non-hydrogen) atoms. The van der Waals surface area contributed by atoms with Gasteiger partial charge >= 0.3 is 0 Å². The molecule has 1 aliphatic rings. The van der Waals surface area contributed by atoms with Crippen molar-refractivity contribution in [3.05, 3.63) is 16.3 Å². The Morgan fingerprint density at radius 3 is 3.12 bits per heavy atom. The maximum Gasteiger partial charge on any atom is 0.267 e. The van der Waals surface area contributed by atoms with Crippen LogP contribution in [0.15, 0.2) is 11.4 Å². The van der Waals surface area contributed by atoms with Crippen molar-refractivity contribution >= 4 is 17.2 Å². The molecule has 1 amide bonds. The van der Waals surface area contributed by atoms with Gasteiger partial charge in [0.25, 0.3) is 5.91 Å². The van der Waals surface area contributed by atoms with Gasteiger partial charge in [0.2, 0.25) is 0 Å². The number of carbonyl (C=O) groups excluding carboxylic acids is 1. The molecule has 4 nitrogen and oxygen atoms in total. The summed E-state index contributed by atoms with van der Waals surface area (Å²) in [6, 6.07) is 2.14. The third-order valence-electron chi connectivity index (χ3n) is 2.95. The second-order valence-corrected chi connectivity index (χ2v) is 4.80. The van der Waals surface area contributed by atoms with Crippen LogP contribution in [-0.2, 0) is 0 Å². The van der Waals surface area contributed by atoms with E-state index in [0.29, 0.717) is 16.7 Å². The minimum absolute atomic E-state index is 0.0561. The third kappa shape index (κ3) is 2.05. The molecule has 0 aromatic carbocycles. The molecule has 1 aromatic rings. The zero-order valence-electron chi connectivity index (χ0n) is 9.53. The lowest BCUT2D eigenvalue weighted by Gasteiger charge is -2.23. The Kier molecular flexibility index (Phi) is 3.46. The summed E-state index contributed by atoms with van der Waals surface area (Å²) >= 11 is 1.43. The van der Waals surface area contributed by atoms with Gasteiger partial charge in [-0.1, -0.05) is 0 Å². The van der Waals surface area contributed by atoms with E-state index in [2.05, 4.69) is 5.32 Å². The highest BCUT2D eigenvalue weighted by Crippen LogP contribution is 2.26. The Labute approximate surface area is 99.2 Å². The lowest BCUT2D eigenvalue weighted by molar-refractivity contribution is 0.0745. The van der Waals surface area contributed by atoms with Crippen LogP contribution in [-0.4, -0.2) is 44.1 Å². The van der Waals surface area contributed by atoms with E-state index in [1.54, 1.807) is 7.11 Å². The van der Waals surface area contributed by atoms with Crippen LogP contribution in [0, 0.1) is 0 Å². The molecule has 0 radical (unpaired) electrons. The standard InChI is InChI=1S/C11H16N2O2S/c1-13(8-3-5-12-7-8)11(14)10-9(15-2)4-6-16-10/h4,6,8,12H,3,5,7H2,1-2H3. The van der Waals surface area contributed by atoms with E-state index in [-0.39, 0.29) is 5.91 Å². The number of hydrogen-bond donors (Lipinski definition) is 1. The SMILES string of the molecule is COc1ccsc1C(=O)N(C)C1CCNC1. The first-order valence-corrected chi connectivity index (χ1v) is 6.21. The van der Waals surface area contributed by atoms with E-state index in [1.807, 2.05) is 23.4 Å². The smallest absolute Gasteiger partial charge is 0.267 e. The number of likely N-dealkylation sites (N-methyl/N-ethyl adjacent to an activating group) is 1. The van der Waals surface area contributed by atoms with Gasteiger partial charge in [0, 0.05) is 19.6 Å². The van der Waals surface area contributed by atoms with Gasteiger partial charge in [-0.2, -0.15) is 0 Å². The minimum atomic E-state index is 0.0561. The number of amides is 1. The molecule has 2 rings (SSSR count). The maximum absolute atomic E-state index is 12.2. The fourth-order valence-electron chi connectivity index (χ4n) is 1.91. The van der Waals surface area contributed by atoms with Crippen molar-refractivity contribution in [1.29, 1.82) is 0 Å². The van der Waals surface area contributed by atoms with E-state index < -0.39 is 0 Å². The molecular weight excluding hydrogens is 224 g/mol. The second-order valence-electron chi connectivity index (χ2n) is 3.88. The molecule has 0 saturated carbocycles. The Bertz CT molecular complexity index is 372. The number of carbonyl (C=O) groups is 1. The first-order valence-electron chi connectivity index (χ1n) is 5.33. The predicted octanol–water partition coefficient (Wildman–Crippen LogP) is 1.19. The topological polar surface area (TPSA) is 41.6 Å². The van der Waals surface area contributed by atoms with E-state index in [0.717, 1.165) is 19.5 Å². The van der Waals surface area contributed by atoms with Crippen LogP contribution in [0.5, 0.6) is 5.75 Å². The molecule has 1 unspecified atom stereocenters.